The lowest BCUT2D eigenvalue weighted by Gasteiger charge is -2.28. The van der Waals surface area contributed by atoms with E-state index in [1.54, 1.807) is 6.07 Å². The zero-order chi connectivity index (χ0) is 11.4. The van der Waals surface area contributed by atoms with Gasteiger partial charge < -0.3 is 10.6 Å². The Hall–Kier alpha value is -1.49. The summed E-state index contributed by atoms with van der Waals surface area (Å²) in [6.45, 7) is 3.09. The molecule has 0 aromatic carbocycles. The molecule has 2 atom stereocenters. The second-order valence-electron chi connectivity index (χ2n) is 4.18. The van der Waals surface area contributed by atoms with Gasteiger partial charge in [0, 0.05) is 12.1 Å². The van der Waals surface area contributed by atoms with Crippen LogP contribution in [0.4, 0.5) is 0 Å². The number of piperidine rings is 1. The molecule has 1 saturated heterocycles. The Morgan fingerprint density at radius 3 is 3.12 bits per heavy atom. The number of hydrogen-bond acceptors (Lipinski definition) is 4. The predicted octanol–water partition coefficient (Wildman–Crippen LogP) is 0.347. The highest BCUT2D eigenvalue weighted by molar-refractivity contribution is 5.93. The zero-order valence-corrected chi connectivity index (χ0v) is 9.31. The van der Waals surface area contributed by atoms with E-state index < -0.39 is 0 Å². The average Bonchev–Trinajstić information content (AvgIpc) is 2.30. The molecular formula is C11H16N4O. The van der Waals surface area contributed by atoms with Crippen LogP contribution in [0.25, 0.3) is 0 Å². The number of amides is 1. The maximum atomic E-state index is 11.8. The minimum atomic E-state index is -0.0611. The highest BCUT2D eigenvalue weighted by atomic mass is 16.1. The number of rotatable bonds is 2. The third kappa shape index (κ3) is 2.76. The molecule has 1 aromatic rings. The van der Waals surface area contributed by atoms with Crippen LogP contribution >= 0.6 is 0 Å². The van der Waals surface area contributed by atoms with Crippen LogP contribution in [-0.2, 0) is 0 Å². The lowest BCUT2D eigenvalue weighted by atomic mass is 10.0. The molecule has 86 valence electrons. The first-order valence-electron chi connectivity index (χ1n) is 5.56. The fraction of sp³-hybridized carbons (Fsp3) is 0.545. The molecule has 2 heterocycles. The van der Waals surface area contributed by atoms with E-state index in [1.807, 2.05) is 0 Å². The Kier molecular flexibility index (Phi) is 3.46. The molecule has 1 amide bonds. The van der Waals surface area contributed by atoms with Gasteiger partial charge in [-0.05, 0) is 32.4 Å². The van der Waals surface area contributed by atoms with Gasteiger partial charge in [0.1, 0.15) is 0 Å². The van der Waals surface area contributed by atoms with Crippen molar-refractivity contribution >= 4 is 5.91 Å². The number of carbonyl (C=O) groups is 1. The summed E-state index contributed by atoms with van der Waals surface area (Å²) >= 11 is 0. The van der Waals surface area contributed by atoms with E-state index >= 15 is 0 Å². The molecule has 0 bridgehead atoms. The van der Waals surface area contributed by atoms with Crippen molar-refractivity contribution in [1.82, 2.24) is 20.8 Å². The van der Waals surface area contributed by atoms with Crippen molar-refractivity contribution in [2.45, 2.75) is 31.8 Å². The molecule has 5 nitrogen and oxygen atoms in total. The van der Waals surface area contributed by atoms with E-state index in [-0.39, 0.29) is 11.9 Å². The predicted molar refractivity (Wildman–Crippen MR) is 60.0 cm³/mol. The van der Waals surface area contributed by atoms with Crippen molar-refractivity contribution in [1.29, 1.82) is 0 Å². The molecule has 16 heavy (non-hydrogen) atoms. The zero-order valence-electron chi connectivity index (χ0n) is 9.31. The largest absolute Gasteiger partial charge is 0.349 e. The van der Waals surface area contributed by atoms with Crippen molar-refractivity contribution in [2.75, 3.05) is 6.54 Å². The van der Waals surface area contributed by atoms with Crippen LogP contribution in [0, 0.1) is 0 Å². The van der Waals surface area contributed by atoms with E-state index in [9.17, 15) is 4.79 Å². The van der Waals surface area contributed by atoms with Gasteiger partial charge in [-0.25, -0.2) is 0 Å². The van der Waals surface area contributed by atoms with Crippen LogP contribution in [0.2, 0.25) is 0 Å². The van der Waals surface area contributed by atoms with Gasteiger partial charge in [-0.1, -0.05) is 0 Å². The molecule has 1 fully saturated rings. The third-order valence-corrected chi connectivity index (χ3v) is 2.81. The highest BCUT2D eigenvalue weighted by Crippen LogP contribution is 2.08. The van der Waals surface area contributed by atoms with Gasteiger partial charge in [0.2, 0.25) is 0 Å². The van der Waals surface area contributed by atoms with Crippen molar-refractivity contribution in [2.24, 2.45) is 0 Å². The number of carbonyl (C=O) groups excluding carboxylic acids is 1. The van der Waals surface area contributed by atoms with Gasteiger partial charge in [-0.15, -0.1) is 0 Å². The van der Waals surface area contributed by atoms with Gasteiger partial charge in [0.05, 0.1) is 18.0 Å². The Bertz CT molecular complexity index is 354. The number of aromatic nitrogens is 2. The molecule has 2 N–H and O–H groups in total. The van der Waals surface area contributed by atoms with Gasteiger partial charge in [0.15, 0.2) is 0 Å². The highest BCUT2D eigenvalue weighted by Gasteiger charge is 2.20. The van der Waals surface area contributed by atoms with Gasteiger partial charge in [-0.2, -0.15) is 10.2 Å². The first-order valence-corrected chi connectivity index (χ1v) is 5.56. The standard InChI is InChI=1S/C11H16N4O/c1-8-6-10(3-4-12-8)15-11(16)9-2-5-13-14-7-9/h2,5,7-8,10,12H,3-4,6H2,1H3,(H,15,16). The molecule has 1 aliphatic heterocycles. The van der Waals surface area contributed by atoms with Crippen LogP contribution in [0.15, 0.2) is 18.5 Å². The lowest BCUT2D eigenvalue weighted by molar-refractivity contribution is 0.0925. The second-order valence-corrected chi connectivity index (χ2v) is 4.18. The minimum absolute atomic E-state index is 0.0611. The number of nitrogens with zero attached hydrogens (tertiary/aromatic N) is 2. The summed E-state index contributed by atoms with van der Waals surface area (Å²) in [6, 6.07) is 2.40. The number of hydrogen-bond donors (Lipinski definition) is 2. The van der Waals surface area contributed by atoms with Crippen molar-refractivity contribution in [3.05, 3.63) is 24.0 Å². The summed E-state index contributed by atoms with van der Waals surface area (Å²) in [5.74, 6) is -0.0611. The van der Waals surface area contributed by atoms with Gasteiger partial charge in [0.25, 0.3) is 5.91 Å². The summed E-state index contributed by atoms with van der Waals surface area (Å²) in [7, 11) is 0. The fourth-order valence-electron chi connectivity index (χ4n) is 1.96. The van der Waals surface area contributed by atoms with E-state index in [4.69, 9.17) is 0 Å². The maximum Gasteiger partial charge on any atom is 0.253 e. The normalized spacial score (nSPS) is 25.1. The molecule has 2 rings (SSSR count). The minimum Gasteiger partial charge on any atom is -0.349 e. The molecular weight excluding hydrogens is 204 g/mol. The van der Waals surface area contributed by atoms with E-state index in [0.717, 1.165) is 19.4 Å². The summed E-state index contributed by atoms with van der Waals surface area (Å²) in [5, 5.41) is 13.7. The second kappa shape index (κ2) is 5.03. The molecule has 0 spiro atoms. The Morgan fingerprint density at radius 1 is 1.56 bits per heavy atom. The Morgan fingerprint density at radius 2 is 2.44 bits per heavy atom. The summed E-state index contributed by atoms with van der Waals surface area (Å²) < 4.78 is 0. The van der Waals surface area contributed by atoms with Crippen LogP contribution in [0.3, 0.4) is 0 Å². The summed E-state index contributed by atoms with van der Waals surface area (Å²) in [6.07, 6.45) is 4.97. The lowest BCUT2D eigenvalue weighted by Crippen LogP contribution is -2.46. The van der Waals surface area contributed by atoms with Crippen molar-refractivity contribution in [3.8, 4) is 0 Å². The molecule has 1 aromatic heterocycles. The smallest absolute Gasteiger partial charge is 0.253 e. The van der Waals surface area contributed by atoms with Gasteiger partial charge in [-0.3, -0.25) is 4.79 Å². The maximum absolute atomic E-state index is 11.8. The van der Waals surface area contributed by atoms with Crippen molar-refractivity contribution in [3.63, 3.8) is 0 Å². The molecule has 2 unspecified atom stereocenters. The Balaban J connectivity index is 1.92. The molecule has 0 aliphatic carbocycles. The average molecular weight is 220 g/mol. The monoisotopic (exact) mass is 220 g/mol. The van der Waals surface area contributed by atoms with Crippen LogP contribution in [-0.4, -0.2) is 34.7 Å². The van der Waals surface area contributed by atoms with E-state index in [1.165, 1.54) is 12.4 Å². The fourth-order valence-corrected chi connectivity index (χ4v) is 1.96. The topological polar surface area (TPSA) is 66.9 Å². The molecule has 0 saturated carbocycles. The molecule has 1 aliphatic rings. The quantitative estimate of drug-likeness (QED) is 0.754. The Labute approximate surface area is 94.6 Å². The molecule has 5 heteroatoms. The van der Waals surface area contributed by atoms with Crippen molar-refractivity contribution < 1.29 is 4.79 Å². The van der Waals surface area contributed by atoms with Crippen LogP contribution in [0.1, 0.15) is 30.1 Å². The summed E-state index contributed by atoms with van der Waals surface area (Å²) in [4.78, 5) is 11.8. The van der Waals surface area contributed by atoms with Gasteiger partial charge >= 0.3 is 0 Å². The van der Waals surface area contributed by atoms with E-state index in [0.29, 0.717) is 11.6 Å². The first-order chi connectivity index (χ1) is 7.75. The van der Waals surface area contributed by atoms with Crippen LogP contribution in [0.5, 0.6) is 0 Å². The number of nitrogens with one attached hydrogen (secondary N) is 2. The molecule has 0 radical (unpaired) electrons. The third-order valence-electron chi connectivity index (χ3n) is 2.81. The summed E-state index contributed by atoms with van der Waals surface area (Å²) in [5.41, 5.74) is 0.571. The first kappa shape index (κ1) is 11.0. The SMILES string of the molecule is CC1CC(NC(=O)c2ccnnc2)CCN1. The van der Waals surface area contributed by atoms with Crippen LogP contribution < -0.4 is 10.6 Å². The van der Waals surface area contributed by atoms with E-state index in [2.05, 4.69) is 27.8 Å².